The van der Waals surface area contributed by atoms with E-state index >= 15 is 0 Å². The van der Waals surface area contributed by atoms with Crippen molar-refractivity contribution in [1.29, 1.82) is 0 Å². The summed E-state index contributed by atoms with van der Waals surface area (Å²) in [5.41, 5.74) is 1.46. The first-order chi connectivity index (χ1) is 14.4. The number of furan rings is 1. The van der Waals surface area contributed by atoms with E-state index in [0.717, 1.165) is 17.3 Å². The molecule has 0 spiro atoms. The molecule has 0 bridgehead atoms. The number of carbonyl (C=O) groups excluding carboxylic acids is 2. The second-order valence-electron chi connectivity index (χ2n) is 6.46. The Kier molecular flexibility index (Phi) is 5.48. The highest BCUT2D eigenvalue weighted by atomic mass is 35.5. The summed E-state index contributed by atoms with van der Waals surface area (Å²) in [7, 11) is 0. The smallest absolute Gasteiger partial charge is 0.337 e. The Morgan fingerprint density at radius 2 is 1.87 bits per heavy atom. The summed E-state index contributed by atoms with van der Waals surface area (Å²) in [6, 6.07) is 17.1. The Morgan fingerprint density at radius 1 is 1.10 bits per heavy atom. The molecule has 3 aromatic rings. The van der Waals surface area contributed by atoms with Gasteiger partial charge in [-0.2, -0.15) is 0 Å². The maximum Gasteiger partial charge on any atom is 0.337 e. The summed E-state index contributed by atoms with van der Waals surface area (Å²) >= 11 is 6.87. The van der Waals surface area contributed by atoms with Gasteiger partial charge in [-0.05, 0) is 41.6 Å². The summed E-state index contributed by atoms with van der Waals surface area (Å²) in [5, 5.41) is 8.83. The molecule has 0 radical (unpaired) electrons. The third-order valence-electron chi connectivity index (χ3n) is 4.44. The fraction of sp³-hybridized carbons (Fsp3) is 0.0455. The fourth-order valence-corrected chi connectivity index (χ4v) is 4.04. The van der Waals surface area contributed by atoms with Gasteiger partial charge in [0, 0.05) is 11.6 Å². The van der Waals surface area contributed by atoms with Crippen LogP contribution in [-0.4, -0.2) is 27.1 Å². The molecule has 6 nitrogen and oxygen atoms in total. The Morgan fingerprint density at radius 3 is 2.57 bits per heavy atom. The average Bonchev–Trinajstić information content (AvgIpc) is 3.29. The molecule has 0 unspecified atom stereocenters. The number of thioether (sulfide) groups is 1. The van der Waals surface area contributed by atoms with E-state index in [1.54, 1.807) is 18.2 Å². The molecule has 1 aliphatic heterocycles. The van der Waals surface area contributed by atoms with E-state index in [9.17, 15) is 14.4 Å². The number of aromatic carboxylic acids is 1. The van der Waals surface area contributed by atoms with E-state index in [1.807, 2.05) is 30.3 Å². The molecule has 1 saturated heterocycles. The lowest BCUT2D eigenvalue weighted by molar-refractivity contribution is -0.123. The summed E-state index contributed by atoms with van der Waals surface area (Å²) in [5.74, 6) is -0.629. The Bertz CT molecular complexity index is 1190. The van der Waals surface area contributed by atoms with Gasteiger partial charge in [-0.3, -0.25) is 14.5 Å². The zero-order chi connectivity index (χ0) is 21.3. The van der Waals surface area contributed by atoms with E-state index in [2.05, 4.69) is 0 Å². The number of rotatable bonds is 5. The largest absolute Gasteiger partial charge is 0.478 e. The average molecular weight is 440 g/mol. The minimum absolute atomic E-state index is 0.000661. The predicted octanol–water partition coefficient (Wildman–Crippen LogP) is 5.53. The van der Waals surface area contributed by atoms with Gasteiger partial charge in [0.1, 0.15) is 11.5 Å². The number of benzene rings is 2. The van der Waals surface area contributed by atoms with E-state index < -0.39 is 5.97 Å². The SMILES string of the molecule is O=C(O)c1ccc(-c2ccc(C=C3SC(=O)N(Cc4ccccc4)C3=O)o2)cc1Cl. The van der Waals surface area contributed by atoms with Crippen LogP contribution in [0.25, 0.3) is 17.4 Å². The first-order valence-electron chi connectivity index (χ1n) is 8.85. The number of carboxylic acid groups (broad SMARTS) is 1. The third-order valence-corrected chi connectivity index (χ3v) is 5.66. The molecule has 0 aliphatic carbocycles. The topological polar surface area (TPSA) is 87.8 Å². The summed E-state index contributed by atoms with van der Waals surface area (Å²) in [6.45, 7) is 0.209. The van der Waals surface area contributed by atoms with Crippen molar-refractivity contribution in [2.45, 2.75) is 6.54 Å². The molecule has 2 heterocycles. The Balaban J connectivity index is 1.54. The highest BCUT2D eigenvalue weighted by Crippen LogP contribution is 2.34. The van der Waals surface area contributed by atoms with Gasteiger partial charge in [0.2, 0.25) is 0 Å². The van der Waals surface area contributed by atoms with Crippen LogP contribution in [0.4, 0.5) is 4.79 Å². The maximum absolute atomic E-state index is 12.6. The zero-order valence-electron chi connectivity index (χ0n) is 15.4. The molecule has 0 atom stereocenters. The van der Waals surface area contributed by atoms with Crippen molar-refractivity contribution in [3.8, 4) is 11.3 Å². The minimum Gasteiger partial charge on any atom is -0.478 e. The van der Waals surface area contributed by atoms with Crippen molar-refractivity contribution in [2.75, 3.05) is 0 Å². The van der Waals surface area contributed by atoms with Crippen molar-refractivity contribution < 1.29 is 23.9 Å². The Hall–Kier alpha value is -3.29. The standard InChI is InChI=1S/C22H14ClNO5S/c23-17-10-14(6-8-16(17)21(26)27)18-9-7-15(29-18)11-19-20(25)24(22(28)30-19)12-13-4-2-1-3-5-13/h1-11H,12H2,(H,26,27). The van der Waals surface area contributed by atoms with Crippen LogP contribution in [0.15, 0.2) is 70.0 Å². The molecule has 1 aliphatic rings. The van der Waals surface area contributed by atoms with Gasteiger partial charge in [0.25, 0.3) is 11.1 Å². The number of hydrogen-bond donors (Lipinski definition) is 1. The normalized spacial score (nSPS) is 15.2. The number of amides is 2. The molecule has 30 heavy (non-hydrogen) atoms. The summed E-state index contributed by atoms with van der Waals surface area (Å²) in [6.07, 6.45) is 1.52. The minimum atomic E-state index is -1.11. The van der Waals surface area contributed by atoms with Crippen LogP contribution in [0, 0.1) is 0 Å². The predicted molar refractivity (Wildman–Crippen MR) is 114 cm³/mol. The van der Waals surface area contributed by atoms with Gasteiger partial charge >= 0.3 is 5.97 Å². The van der Waals surface area contributed by atoms with Gasteiger partial charge in [-0.15, -0.1) is 0 Å². The first-order valence-corrected chi connectivity index (χ1v) is 10.0. The molecular weight excluding hydrogens is 426 g/mol. The third kappa shape index (κ3) is 4.03. The quantitative estimate of drug-likeness (QED) is 0.525. The van der Waals surface area contributed by atoms with Crippen LogP contribution in [0.2, 0.25) is 5.02 Å². The van der Waals surface area contributed by atoms with Crippen molar-refractivity contribution >= 4 is 46.6 Å². The highest BCUT2D eigenvalue weighted by Gasteiger charge is 2.35. The van der Waals surface area contributed by atoms with Crippen LogP contribution in [-0.2, 0) is 11.3 Å². The molecule has 1 fully saturated rings. The fourth-order valence-electron chi connectivity index (χ4n) is 2.96. The first kappa shape index (κ1) is 20.0. The lowest BCUT2D eigenvalue weighted by atomic mass is 10.1. The van der Waals surface area contributed by atoms with Crippen LogP contribution in [0.1, 0.15) is 21.7 Å². The molecular formula is C22H14ClNO5S. The molecule has 2 aromatic carbocycles. The maximum atomic E-state index is 12.6. The zero-order valence-corrected chi connectivity index (χ0v) is 16.9. The van der Waals surface area contributed by atoms with E-state index in [0.29, 0.717) is 17.1 Å². The number of carbonyl (C=O) groups is 3. The van der Waals surface area contributed by atoms with Gasteiger partial charge in [-0.25, -0.2) is 4.79 Å². The van der Waals surface area contributed by atoms with Gasteiger partial charge in [0.15, 0.2) is 0 Å². The molecule has 1 aromatic heterocycles. The van der Waals surface area contributed by atoms with Crippen molar-refractivity contribution in [1.82, 2.24) is 4.90 Å². The van der Waals surface area contributed by atoms with Gasteiger partial charge in [0.05, 0.1) is 22.0 Å². The Labute approximate surface area is 180 Å². The highest BCUT2D eigenvalue weighted by molar-refractivity contribution is 8.18. The van der Waals surface area contributed by atoms with E-state index in [1.165, 1.54) is 23.1 Å². The van der Waals surface area contributed by atoms with E-state index in [4.69, 9.17) is 21.1 Å². The van der Waals surface area contributed by atoms with Crippen molar-refractivity contribution in [3.63, 3.8) is 0 Å². The number of carboxylic acids is 1. The molecule has 150 valence electrons. The van der Waals surface area contributed by atoms with E-state index in [-0.39, 0.29) is 33.2 Å². The second kappa shape index (κ2) is 8.22. The number of halogens is 1. The molecule has 2 amide bonds. The van der Waals surface area contributed by atoms with Crippen LogP contribution < -0.4 is 0 Å². The van der Waals surface area contributed by atoms with Gasteiger partial charge in [-0.1, -0.05) is 48.0 Å². The number of imide groups is 1. The molecule has 8 heteroatoms. The molecule has 4 rings (SSSR count). The van der Waals surface area contributed by atoms with Crippen LogP contribution in [0.3, 0.4) is 0 Å². The lowest BCUT2D eigenvalue weighted by Crippen LogP contribution is -2.27. The summed E-state index contributed by atoms with van der Waals surface area (Å²) < 4.78 is 5.75. The second-order valence-corrected chi connectivity index (χ2v) is 7.86. The van der Waals surface area contributed by atoms with Gasteiger partial charge < -0.3 is 9.52 Å². The number of hydrogen-bond acceptors (Lipinski definition) is 5. The van der Waals surface area contributed by atoms with Crippen molar-refractivity contribution in [3.05, 3.63) is 87.5 Å². The number of nitrogens with zero attached hydrogens (tertiary/aromatic N) is 1. The van der Waals surface area contributed by atoms with Crippen LogP contribution in [0.5, 0.6) is 0 Å². The summed E-state index contributed by atoms with van der Waals surface area (Å²) in [4.78, 5) is 37.5. The lowest BCUT2D eigenvalue weighted by Gasteiger charge is -2.11. The van der Waals surface area contributed by atoms with Crippen LogP contribution >= 0.6 is 23.4 Å². The molecule has 0 saturated carbocycles. The monoisotopic (exact) mass is 439 g/mol. The van der Waals surface area contributed by atoms with Crippen molar-refractivity contribution in [2.24, 2.45) is 0 Å². The molecule has 1 N–H and O–H groups in total.